The summed E-state index contributed by atoms with van der Waals surface area (Å²) in [6.45, 7) is 4.44. The zero-order chi connectivity index (χ0) is 14.0. The Hall–Kier alpha value is -1.36. The van der Waals surface area contributed by atoms with Crippen molar-refractivity contribution in [2.75, 3.05) is 11.9 Å². The van der Waals surface area contributed by atoms with Crippen LogP contribution in [0.25, 0.3) is 0 Å². The van der Waals surface area contributed by atoms with E-state index in [0.29, 0.717) is 13.0 Å². The second-order valence-corrected chi connectivity index (χ2v) is 5.95. The van der Waals surface area contributed by atoms with Crippen LogP contribution in [0.1, 0.15) is 20.3 Å². The highest BCUT2D eigenvalue weighted by Crippen LogP contribution is 2.22. The third-order valence-electron chi connectivity index (χ3n) is 3.26. The monoisotopic (exact) mass is 324 g/mol. The molecule has 1 aromatic carbocycles. The number of amides is 2. The highest BCUT2D eigenvalue weighted by molar-refractivity contribution is 9.10. The van der Waals surface area contributed by atoms with Gasteiger partial charge in [-0.2, -0.15) is 0 Å². The molecule has 1 unspecified atom stereocenters. The van der Waals surface area contributed by atoms with E-state index in [1.165, 1.54) is 0 Å². The van der Waals surface area contributed by atoms with Crippen molar-refractivity contribution in [1.82, 2.24) is 4.90 Å². The molecule has 0 aromatic heterocycles. The minimum absolute atomic E-state index is 0.0611. The topological polar surface area (TPSA) is 49.4 Å². The van der Waals surface area contributed by atoms with Crippen LogP contribution in [0, 0.1) is 5.92 Å². The molecule has 0 radical (unpaired) electrons. The minimum atomic E-state index is -0.251. The summed E-state index contributed by atoms with van der Waals surface area (Å²) >= 11 is 3.35. The van der Waals surface area contributed by atoms with Crippen LogP contribution >= 0.6 is 15.9 Å². The van der Waals surface area contributed by atoms with E-state index in [2.05, 4.69) is 21.2 Å². The largest absolute Gasteiger partial charge is 0.339 e. The van der Waals surface area contributed by atoms with Gasteiger partial charge >= 0.3 is 0 Å². The first-order valence-electron chi connectivity index (χ1n) is 6.33. The van der Waals surface area contributed by atoms with Gasteiger partial charge in [-0.3, -0.25) is 9.59 Å². The number of halogens is 1. The highest BCUT2D eigenvalue weighted by atomic mass is 79.9. The maximum atomic E-state index is 12.1. The lowest BCUT2D eigenvalue weighted by Crippen LogP contribution is -2.33. The summed E-state index contributed by atoms with van der Waals surface area (Å²) in [6, 6.07) is 7.56. The van der Waals surface area contributed by atoms with Crippen molar-refractivity contribution in [3.63, 3.8) is 0 Å². The van der Waals surface area contributed by atoms with Crippen molar-refractivity contribution in [1.29, 1.82) is 0 Å². The fraction of sp³-hybridized carbons (Fsp3) is 0.429. The average Bonchev–Trinajstić information content (AvgIpc) is 2.74. The number of likely N-dealkylation sites (tertiary alicyclic amines) is 1. The molecular formula is C14H17BrN2O2. The third-order valence-corrected chi connectivity index (χ3v) is 3.79. The maximum Gasteiger partial charge on any atom is 0.229 e. The molecule has 4 nitrogen and oxygen atoms in total. The number of nitrogens with one attached hydrogen (secondary N) is 1. The van der Waals surface area contributed by atoms with Crippen LogP contribution in [-0.2, 0) is 9.59 Å². The maximum absolute atomic E-state index is 12.1. The van der Waals surface area contributed by atoms with E-state index < -0.39 is 0 Å². The lowest BCUT2D eigenvalue weighted by Gasteiger charge is -2.20. The molecule has 1 aliphatic heterocycles. The molecule has 0 bridgehead atoms. The summed E-state index contributed by atoms with van der Waals surface area (Å²) in [5, 5.41) is 2.85. The van der Waals surface area contributed by atoms with Crippen molar-refractivity contribution in [2.24, 2.45) is 5.92 Å². The van der Waals surface area contributed by atoms with Crippen LogP contribution in [0.3, 0.4) is 0 Å². The molecule has 0 spiro atoms. The Morgan fingerprint density at radius 2 is 2.00 bits per heavy atom. The fourth-order valence-electron chi connectivity index (χ4n) is 2.18. The van der Waals surface area contributed by atoms with Gasteiger partial charge in [0.15, 0.2) is 0 Å². The second kappa shape index (κ2) is 5.74. The van der Waals surface area contributed by atoms with Crippen molar-refractivity contribution in [2.45, 2.75) is 26.3 Å². The Balaban J connectivity index is 1.98. The van der Waals surface area contributed by atoms with Crippen LogP contribution in [-0.4, -0.2) is 29.3 Å². The Morgan fingerprint density at radius 1 is 1.37 bits per heavy atom. The van der Waals surface area contributed by atoms with Gasteiger partial charge in [0.1, 0.15) is 0 Å². The van der Waals surface area contributed by atoms with Crippen LogP contribution in [0.2, 0.25) is 0 Å². The van der Waals surface area contributed by atoms with Crippen molar-refractivity contribution in [3.05, 3.63) is 28.7 Å². The van der Waals surface area contributed by atoms with Crippen LogP contribution in [0.15, 0.2) is 28.7 Å². The lowest BCUT2D eigenvalue weighted by atomic mass is 10.1. The van der Waals surface area contributed by atoms with E-state index in [0.717, 1.165) is 10.2 Å². The van der Waals surface area contributed by atoms with E-state index in [1.54, 1.807) is 4.90 Å². The van der Waals surface area contributed by atoms with E-state index in [1.807, 2.05) is 38.1 Å². The van der Waals surface area contributed by atoms with E-state index in [-0.39, 0.29) is 23.8 Å². The summed E-state index contributed by atoms with van der Waals surface area (Å²) in [7, 11) is 0. The molecule has 1 N–H and O–H groups in total. The molecular weight excluding hydrogens is 308 g/mol. The first kappa shape index (κ1) is 14.1. The normalized spacial score (nSPS) is 19.1. The molecule has 5 heteroatoms. The Morgan fingerprint density at radius 3 is 2.53 bits per heavy atom. The van der Waals surface area contributed by atoms with Gasteiger partial charge in [-0.25, -0.2) is 0 Å². The third kappa shape index (κ3) is 3.35. The summed E-state index contributed by atoms with van der Waals surface area (Å²) in [5.41, 5.74) is 0.753. The quantitative estimate of drug-likeness (QED) is 0.929. The highest BCUT2D eigenvalue weighted by Gasteiger charge is 2.35. The number of anilines is 1. The fourth-order valence-corrected chi connectivity index (χ4v) is 2.45. The van der Waals surface area contributed by atoms with E-state index >= 15 is 0 Å². The predicted molar refractivity (Wildman–Crippen MR) is 77.7 cm³/mol. The van der Waals surface area contributed by atoms with Gasteiger partial charge < -0.3 is 10.2 Å². The van der Waals surface area contributed by atoms with Gasteiger partial charge in [0.2, 0.25) is 11.8 Å². The minimum Gasteiger partial charge on any atom is -0.339 e. The molecule has 1 atom stereocenters. The molecule has 102 valence electrons. The molecule has 1 saturated heterocycles. The van der Waals surface area contributed by atoms with Gasteiger partial charge in [0.25, 0.3) is 0 Å². The first-order valence-corrected chi connectivity index (χ1v) is 7.12. The molecule has 2 amide bonds. The average molecular weight is 325 g/mol. The standard InChI is InChI=1S/C14H17BrN2O2/c1-9(2)17-8-10(7-13(17)18)14(19)16-12-5-3-11(15)4-6-12/h3-6,9-10H,7-8H2,1-2H3,(H,16,19). The van der Waals surface area contributed by atoms with Crippen LogP contribution < -0.4 is 5.32 Å². The van der Waals surface area contributed by atoms with E-state index in [4.69, 9.17) is 0 Å². The van der Waals surface area contributed by atoms with E-state index in [9.17, 15) is 9.59 Å². The zero-order valence-electron chi connectivity index (χ0n) is 11.0. The zero-order valence-corrected chi connectivity index (χ0v) is 12.6. The summed E-state index contributed by atoms with van der Waals surface area (Å²) in [6.07, 6.45) is 0.306. The molecule has 19 heavy (non-hydrogen) atoms. The van der Waals surface area contributed by atoms with Crippen LogP contribution in [0.4, 0.5) is 5.69 Å². The second-order valence-electron chi connectivity index (χ2n) is 5.04. The number of rotatable bonds is 3. The van der Waals surface area contributed by atoms with Gasteiger partial charge in [-0.1, -0.05) is 15.9 Å². The van der Waals surface area contributed by atoms with Gasteiger partial charge in [0, 0.05) is 29.2 Å². The molecule has 1 heterocycles. The first-order chi connectivity index (χ1) is 8.97. The van der Waals surface area contributed by atoms with Gasteiger partial charge in [-0.15, -0.1) is 0 Å². The Bertz CT molecular complexity index is 485. The number of nitrogens with zero attached hydrogens (tertiary/aromatic N) is 1. The number of carbonyl (C=O) groups excluding carboxylic acids is 2. The Kier molecular flexibility index (Phi) is 4.24. The van der Waals surface area contributed by atoms with Crippen LogP contribution in [0.5, 0.6) is 0 Å². The predicted octanol–water partition coefficient (Wildman–Crippen LogP) is 2.64. The smallest absolute Gasteiger partial charge is 0.229 e. The molecule has 1 aromatic rings. The molecule has 0 saturated carbocycles. The van der Waals surface area contributed by atoms with Gasteiger partial charge in [0.05, 0.1) is 5.92 Å². The molecule has 0 aliphatic carbocycles. The summed E-state index contributed by atoms with van der Waals surface area (Å²) < 4.78 is 0.965. The number of hydrogen-bond acceptors (Lipinski definition) is 2. The number of hydrogen-bond donors (Lipinski definition) is 1. The molecule has 1 aliphatic rings. The SMILES string of the molecule is CC(C)N1CC(C(=O)Nc2ccc(Br)cc2)CC1=O. The summed E-state index contributed by atoms with van der Waals surface area (Å²) in [4.78, 5) is 25.6. The van der Waals surface area contributed by atoms with Crippen molar-refractivity contribution in [3.8, 4) is 0 Å². The Labute approximate surface area is 121 Å². The molecule has 1 fully saturated rings. The number of benzene rings is 1. The van der Waals surface area contributed by atoms with Crippen molar-refractivity contribution >= 4 is 33.4 Å². The summed E-state index contributed by atoms with van der Waals surface area (Å²) in [5.74, 6) is -0.275. The van der Waals surface area contributed by atoms with Crippen molar-refractivity contribution < 1.29 is 9.59 Å². The number of carbonyl (C=O) groups is 2. The lowest BCUT2D eigenvalue weighted by molar-refractivity contribution is -0.129. The van der Waals surface area contributed by atoms with Gasteiger partial charge in [-0.05, 0) is 38.1 Å². The molecule has 2 rings (SSSR count).